The molecular weight excluding hydrogens is 220 g/mol. The number of aryl methyl sites for hydroxylation is 1. The summed E-state index contributed by atoms with van der Waals surface area (Å²) in [5, 5.41) is 8.53. The van der Waals surface area contributed by atoms with Gasteiger partial charge in [0, 0.05) is 25.8 Å². The summed E-state index contributed by atoms with van der Waals surface area (Å²) in [4.78, 5) is 12.0. The molecule has 0 radical (unpaired) electrons. The number of methoxy groups -OCH3 is 2. The number of rotatable bonds is 4. The summed E-state index contributed by atoms with van der Waals surface area (Å²) in [6.07, 6.45) is 4.33. The third-order valence-corrected chi connectivity index (χ3v) is 2.34. The number of allylic oxidation sites excluding steroid dienone is 1. The van der Waals surface area contributed by atoms with Crippen molar-refractivity contribution in [2.75, 3.05) is 14.2 Å². The molecule has 17 heavy (non-hydrogen) atoms. The lowest BCUT2D eigenvalue weighted by Crippen LogP contribution is -2.17. The van der Waals surface area contributed by atoms with Crippen LogP contribution in [0, 0.1) is 11.3 Å². The van der Waals surface area contributed by atoms with E-state index in [1.54, 1.807) is 24.9 Å². The van der Waals surface area contributed by atoms with E-state index in [0.717, 1.165) is 0 Å². The zero-order chi connectivity index (χ0) is 12.8. The van der Waals surface area contributed by atoms with Crippen molar-refractivity contribution < 1.29 is 9.47 Å². The van der Waals surface area contributed by atoms with Crippen molar-refractivity contribution in [1.82, 2.24) is 4.57 Å². The summed E-state index contributed by atoms with van der Waals surface area (Å²) in [7, 11) is 4.77. The zero-order valence-electron chi connectivity index (χ0n) is 10.1. The first-order valence-electron chi connectivity index (χ1n) is 4.97. The van der Waals surface area contributed by atoms with Gasteiger partial charge in [0.2, 0.25) is 5.43 Å². The molecule has 0 atom stereocenters. The van der Waals surface area contributed by atoms with E-state index in [2.05, 4.69) is 0 Å². The Hall–Kier alpha value is -2.06. The lowest BCUT2D eigenvalue weighted by molar-refractivity contribution is 0.178. The van der Waals surface area contributed by atoms with Crippen molar-refractivity contribution in [3.63, 3.8) is 0 Å². The number of nitrogens with zero attached hydrogens (tertiary/aromatic N) is 2. The van der Waals surface area contributed by atoms with Gasteiger partial charge in [-0.2, -0.15) is 5.26 Å². The van der Waals surface area contributed by atoms with Crippen molar-refractivity contribution in [3.05, 3.63) is 33.8 Å². The van der Waals surface area contributed by atoms with E-state index in [0.29, 0.717) is 17.9 Å². The minimum absolute atomic E-state index is 0.241. The molecule has 0 N–H and O–H groups in total. The lowest BCUT2D eigenvalue weighted by Gasteiger charge is -2.13. The molecule has 0 aliphatic carbocycles. The van der Waals surface area contributed by atoms with Crippen LogP contribution in [0.25, 0.3) is 6.08 Å². The summed E-state index contributed by atoms with van der Waals surface area (Å²) in [6.45, 7) is 0.292. The zero-order valence-corrected chi connectivity index (χ0v) is 10.1. The van der Waals surface area contributed by atoms with Gasteiger partial charge < -0.3 is 14.0 Å². The Bertz CT molecular complexity index is 524. The van der Waals surface area contributed by atoms with E-state index >= 15 is 0 Å². The van der Waals surface area contributed by atoms with Crippen LogP contribution in [0.4, 0.5) is 0 Å². The molecule has 1 aromatic heterocycles. The topological polar surface area (TPSA) is 64.2 Å². The minimum Gasteiger partial charge on any atom is -0.491 e. The Kier molecular flexibility index (Phi) is 4.49. The molecule has 0 spiro atoms. The van der Waals surface area contributed by atoms with Gasteiger partial charge in [-0.15, -0.1) is 0 Å². The Morgan fingerprint density at radius 1 is 1.53 bits per heavy atom. The summed E-state index contributed by atoms with van der Waals surface area (Å²) >= 11 is 0. The van der Waals surface area contributed by atoms with Gasteiger partial charge in [0.15, 0.2) is 5.75 Å². The number of nitriles is 1. The van der Waals surface area contributed by atoms with Gasteiger partial charge in [0.05, 0.1) is 31.7 Å². The van der Waals surface area contributed by atoms with Crippen LogP contribution in [-0.2, 0) is 18.4 Å². The van der Waals surface area contributed by atoms with Gasteiger partial charge in [-0.1, -0.05) is 0 Å². The second-order valence-electron chi connectivity index (χ2n) is 3.39. The third-order valence-electron chi connectivity index (χ3n) is 2.34. The molecule has 0 aliphatic heterocycles. The second kappa shape index (κ2) is 5.87. The Labute approximate surface area is 99.5 Å². The fourth-order valence-electron chi connectivity index (χ4n) is 1.52. The molecule has 0 saturated carbocycles. The molecule has 0 amide bonds. The largest absolute Gasteiger partial charge is 0.491 e. The molecule has 0 aliphatic rings. The number of ether oxygens (including phenoxy) is 2. The van der Waals surface area contributed by atoms with Gasteiger partial charge >= 0.3 is 0 Å². The molecule has 0 fully saturated rings. The molecule has 1 heterocycles. The maximum absolute atomic E-state index is 12.0. The maximum Gasteiger partial charge on any atom is 0.230 e. The van der Waals surface area contributed by atoms with Crippen molar-refractivity contribution in [2.45, 2.75) is 6.61 Å². The van der Waals surface area contributed by atoms with E-state index in [1.165, 1.54) is 19.3 Å². The van der Waals surface area contributed by atoms with Crippen molar-refractivity contribution in [2.24, 2.45) is 7.05 Å². The Balaban J connectivity index is 3.49. The molecule has 5 nitrogen and oxygen atoms in total. The highest BCUT2D eigenvalue weighted by Gasteiger charge is 2.12. The van der Waals surface area contributed by atoms with Crippen LogP contribution in [0.3, 0.4) is 0 Å². The minimum atomic E-state index is -0.246. The van der Waals surface area contributed by atoms with E-state index in [9.17, 15) is 4.79 Å². The average molecular weight is 234 g/mol. The number of pyridine rings is 1. The van der Waals surface area contributed by atoms with Gasteiger partial charge in [0.25, 0.3) is 0 Å². The maximum atomic E-state index is 12.0. The summed E-state index contributed by atoms with van der Waals surface area (Å²) in [6, 6.07) is 1.86. The summed E-state index contributed by atoms with van der Waals surface area (Å²) in [5.74, 6) is 0.241. The predicted octanol–water partition coefficient (Wildman–Crippen LogP) is 1.08. The standard InChI is InChI=1S/C12H14N2O3/c1-14-7-11(17-3)12(15)9(5-4-6-13)10(14)8-16-2/h4-5,7H,8H2,1-3H3/b5-4+. The molecular formula is C12H14N2O3. The van der Waals surface area contributed by atoms with Crippen LogP contribution in [0.15, 0.2) is 17.1 Å². The van der Waals surface area contributed by atoms with Crippen LogP contribution in [0.5, 0.6) is 5.75 Å². The average Bonchev–Trinajstić information content (AvgIpc) is 2.33. The molecule has 0 unspecified atom stereocenters. The molecule has 90 valence electrons. The highest BCUT2D eigenvalue weighted by Crippen LogP contribution is 2.13. The molecule has 5 heteroatoms. The van der Waals surface area contributed by atoms with Crippen LogP contribution in [0.2, 0.25) is 0 Å². The normalized spacial score (nSPS) is 10.5. The smallest absolute Gasteiger partial charge is 0.230 e. The predicted molar refractivity (Wildman–Crippen MR) is 63.6 cm³/mol. The van der Waals surface area contributed by atoms with E-state index in [1.807, 2.05) is 6.07 Å². The number of hydrogen-bond donors (Lipinski definition) is 0. The number of aromatic nitrogens is 1. The first-order chi connectivity index (χ1) is 8.15. The SMILES string of the molecule is COCc1c(/C=C/C#N)c(=O)c(OC)cn1C. The van der Waals surface area contributed by atoms with Gasteiger partial charge in [-0.3, -0.25) is 4.79 Å². The van der Waals surface area contributed by atoms with Crippen LogP contribution < -0.4 is 10.2 Å². The van der Waals surface area contributed by atoms with E-state index < -0.39 is 0 Å². The highest BCUT2D eigenvalue weighted by molar-refractivity contribution is 5.56. The monoisotopic (exact) mass is 234 g/mol. The fraction of sp³-hybridized carbons (Fsp3) is 0.333. The van der Waals surface area contributed by atoms with Gasteiger partial charge in [-0.25, -0.2) is 0 Å². The molecule has 1 aromatic rings. The van der Waals surface area contributed by atoms with E-state index in [4.69, 9.17) is 14.7 Å². The molecule has 0 saturated heterocycles. The third kappa shape index (κ3) is 2.74. The quantitative estimate of drug-likeness (QED) is 0.731. The summed E-state index contributed by atoms with van der Waals surface area (Å²) < 4.78 is 11.8. The van der Waals surface area contributed by atoms with Gasteiger partial charge in [0.1, 0.15) is 0 Å². The van der Waals surface area contributed by atoms with Crippen LogP contribution in [-0.4, -0.2) is 18.8 Å². The second-order valence-corrected chi connectivity index (χ2v) is 3.39. The molecule has 0 bridgehead atoms. The van der Waals surface area contributed by atoms with Crippen molar-refractivity contribution >= 4 is 6.08 Å². The number of hydrogen-bond acceptors (Lipinski definition) is 4. The van der Waals surface area contributed by atoms with Crippen molar-refractivity contribution in [3.8, 4) is 11.8 Å². The van der Waals surface area contributed by atoms with E-state index in [-0.39, 0.29) is 11.2 Å². The van der Waals surface area contributed by atoms with Crippen LogP contribution >= 0.6 is 0 Å². The highest BCUT2D eigenvalue weighted by atomic mass is 16.5. The Morgan fingerprint density at radius 3 is 2.76 bits per heavy atom. The first kappa shape index (κ1) is 13.0. The summed E-state index contributed by atoms with van der Waals surface area (Å²) in [5.41, 5.74) is 0.865. The van der Waals surface area contributed by atoms with Crippen LogP contribution in [0.1, 0.15) is 11.3 Å². The molecule has 1 rings (SSSR count). The lowest BCUT2D eigenvalue weighted by atomic mass is 10.1. The van der Waals surface area contributed by atoms with Gasteiger partial charge in [-0.05, 0) is 6.08 Å². The fourth-order valence-corrected chi connectivity index (χ4v) is 1.52. The molecule has 0 aromatic carbocycles. The van der Waals surface area contributed by atoms with Crippen molar-refractivity contribution in [1.29, 1.82) is 5.26 Å². The first-order valence-corrected chi connectivity index (χ1v) is 4.97. The Morgan fingerprint density at radius 2 is 2.24 bits per heavy atom.